The van der Waals surface area contributed by atoms with Gasteiger partial charge in [0.1, 0.15) is 0 Å². The van der Waals surface area contributed by atoms with Crippen molar-refractivity contribution in [3.63, 3.8) is 0 Å². The number of rotatable bonds is 4. The maximum atomic E-state index is 12.0. The van der Waals surface area contributed by atoms with E-state index in [1.54, 1.807) is 19.1 Å². The first-order valence-corrected chi connectivity index (χ1v) is 9.41. The van der Waals surface area contributed by atoms with Crippen LogP contribution in [0.4, 0.5) is 0 Å². The standard InChI is InChI=1S/C15H19ClO4S/c1-11-7-8-13(9-14(11)21(16,18)19)15(17)20-10-12-5-3-2-4-6-12/h7-9,12H,2-6,10H2,1H3. The first kappa shape index (κ1) is 16.3. The number of aryl methyl sites for hydroxylation is 1. The molecule has 0 bridgehead atoms. The van der Waals surface area contributed by atoms with Gasteiger partial charge in [-0.1, -0.05) is 25.3 Å². The minimum absolute atomic E-state index is 0.0451. The summed E-state index contributed by atoms with van der Waals surface area (Å²) in [4.78, 5) is 12.0. The van der Waals surface area contributed by atoms with Gasteiger partial charge in [-0.2, -0.15) is 0 Å². The van der Waals surface area contributed by atoms with Crippen molar-refractivity contribution in [1.82, 2.24) is 0 Å². The average Bonchev–Trinajstić information content (AvgIpc) is 2.45. The molecule has 1 fully saturated rings. The van der Waals surface area contributed by atoms with E-state index in [4.69, 9.17) is 15.4 Å². The lowest BCUT2D eigenvalue weighted by Crippen LogP contribution is -2.17. The van der Waals surface area contributed by atoms with E-state index in [1.807, 2.05) is 0 Å². The summed E-state index contributed by atoms with van der Waals surface area (Å²) in [6.45, 7) is 2.03. The third kappa shape index (κ3) is 4.45. The Balaban J connectivity index is 2.05. The first-order valence-electron chi connectivity index (χ1n) is 7.10. The Kier molecular flexibility index (Phi) is 5.27. The molecule has 0 amide bonds. The van der Waals surface area contributed by atoms with Crippen molar-refractivity contribution < 1.29 is 17.9 Å². The van der Waals surface area contributed by atoms with Crippen molar-refractivity contribution in [2.24, 2.45) is 5.92 Å². The summed E-state index contributed by atoms with van der Waals surface area (Å²) < 4.78 is 28.2. The molecule has 1 aliphatic rings. The lowest BCUT2D eigenvalue weighted by Gasteiger charge is -2.21. The molecule has 0 N–H and O–H groups in total. The van der Waals surface area contributed by atoms with Crippen LogP contribution < -0.4 is 0 Å². The molecule has 1 aliphatic carbocycles. The molecule has 1 saturated carbocycles. The number of esters is 1. The van der Waals surface area contributed by atoms with Gasteiger partial charge in [-0.3, -0.25) is 0 Å². The number of hydrogen-bond donors (Lipinski definition) is 0. The second-order valence-corrected chi connectivity index (χ2v) is 8.05. The number of benzene rings is 1. The monoisotopic (exact) mass is 330 g/mol. The zero-order chi connectivity index (χ0) is 15.5. The summed E-state index contributed by atoms with van der Waals surface area (Å²) >= 11 is 0. The Morgan fingerprint density at radius 3 is 2.57 bits per heavy atom. The third-order valence-corrected chi connectivity index (χ3v) is 5.33. The molecule has 0 saturated heterocycles. The molecule has 0 radical (unpaired) electrons. The van der Waals surface area contributed by atoms with Crippen molar-refractivity contribution in [1.29, 1.82) is 0 Å². The summed E-state index contributed by atoms with van der Waals surface area (Å²) in [5.41, 5.74) is 0.726. The zero-order valence-corrected chi connectivity index (χ0v) is 13.5. The van der Waals surface area contributed by atoms with Crippen LogP contribution in [0.2, 0.25) is 0 Å². The number of hydrogen-bond acceptors (Lipinski definition) is 4. The van der Waals surface area contributed by atoms with E-state index in [0.29, 0.717) is 18.1 Å². The molecule has 1 aromatic rings. The van der Waals surface area contributed by atoms with Crippen LogP contribution in [-0.2, 0) is 13.8 Å². The predicted molar refractivity (Wildman–Crippen MR) is 81.1 cm³/mol. The smallest absolute Gasteiger partial charge is 0.338 e. The van der Waals surface area contributed by atoms with Crippen LogP contribution >= 0.6 is 10.7 Å². The maximum absolute atomic E-state index is 12.0. The summed E-state index contributed by atoms with van der Waals surface area (Å²) in [5, 5.41) is 0. The van der Waals surface area contributed by atoms with Gasteiger partial charge < -0.3 is 4.74 Å². The fraction of sp³-hybridized carbons (Fsp3) is 0.533. The van der Waals surface area contributed by atoms with Gasteiger partial charge in [0, 0.05) is 10.7 Å². The highest BCUT2D eigenvalue weighted by molar-refractivity contribution is 8.13. The fourth-order valence-corrected chi connectivity index (χ4v) is 3.84. The molecular weight excluding hydrogens is 312 g/mol. The second-order valence-electron chi connectivity index (χ2n) is 5.52. The van der Waals surface area contributed by atoms with Gasteiger partial charge in [-0.15, -0.1) is 0 Å². The Bertz CT molecular complexity index is 619. The predicted octanol–water partition coefficient (Wildman–Crippen LogP) is 3.66. The molecule has 1 aromatic carbocycles. The van der Waals surface area contributed by atoms with Gasteiger partial charge in [0.25, 0.3) is 9.05 Å². The Labute approximate surface area is 129 Å². The van der Waals surface area contributed by atoms with Gasteiger partial charge in [0.15, 0.2) is 0 Å². The van der Waals surface area contributed by atoms with Crippen molar-refractivity contribution in [3.05, 3.63) is 29.3 Å². The third-order valence-electron chi connectivity index (χ3n) is 3.86. The Hall–Kier alpha value is -1.07. The number of carbonyl (C=O) groups is 1. The highest BCUT2D eigenvalue weighted by Crippen LogP contribution is 2.25. The topological polar surface area (TPSA) is 60.4 Å². The number of halogens is 1. The molecule has 2 rings (SSSR count). The highest BCUT2D eigenvalue weighted by Gasteiger charge is 2.19. The zero-order valence-electron chi connectivity index (χ0n) is 12.0. The molecule has 0 unspecified atom stereocenters. The quantitative estimate of drug-likeness (QED) is 0.624. The maximum Gasteiger partial charge on any atom is 0.338 e. The average molecular weight is 331 g/mol. The van der Waals surface area contributed by atoms with E-state index >= 15 is 0 Å². The van der Waals surface area contributed by atoms with E-state index in [2.05, 4.69) is 0 Å². The molecular formula is C15H19ClO4S. The highest BCUT2D eigenvalue weighted by atomic mass is 35.7. The lowest BCUT2D eigenvalue weighted by molar-refractivity contribution is 0.0410. The van der Waals surface area contributed by atoms with E-state index < -0.39 is 15.0 Å². The molecule has 21 heavy (non-hydrogen) atoms. The molecule has 0 atom stereocenters. The van der Waals surface area contributed by atoms with Crippen LogP contribution in [0.5, 0.6) is 0 Å². The Morgan fingerprint density at radius 1 is 1.29 bits per heavy atom. The van der Waals surface area contributed by atoms with Crippen LogP contribution in [0, 0.1) is 12.8 Å². The minimum Gasteiger partial charge on any atom is -0.462 e. The number of carbonyl (C=O) groups excluding carboxylic acids is 1. The van der Waals surface area contributed by atoms with Crippen LogP contribution in [0.25, 0.3) is 0 Å². The molecule has 0 aromatic heterocycles. The van der Waals surface area contributed by atoms with Gasteiger partial charge in [-0.25, -0.2) is 13.2 Å². The van der Waals surface area contributed by atoms with Crippen molar-refractivity contribution >= 4 is 25.7 Å². The Morgan fingerprint density at radius 2 is 1.95 bits per heavy atom. The van der Waals surface area contributed by atoms with E-state index in [0.717, 1.165) is 12.8 Å². The molecule has 6 heteroatoms. The summed E-state index contributed by atoms with van der Waals surface area (Å²) in [6, 6.07) is 4.40. The van der Waals surface area contributed by atoms with Gasteiger partial charge in [0.2, 0.25) is 0 Å². The van der Waals surface area contributed by atoms with E-state index in [1.165, 1.54) is 25.3 Å². The van der Waals surface area contributed by atoms with Crippen LogP contribution in [0.15, 0.2) is 23.1 Å². The number of ether oxygens (including phenoxy) is 1. The van der Waals surface area contributed by atoms with E-state index in [9.17, 15) is 13.2 Å². The van der Waals surface area contributed by atoms with Crippen LogP contribution in [0.3, 0.4) is 0 Å². The van der Waals surface area contributed by atoms with Crippen LogP contribution in [0.1, 0.15) is 48.0 Å². The van der Waals surface area contributed by atoms with Crippen molar-refractivity contribution in [2.45, 2.75) is 43.9 Å². The normalized spacial score (nSPS) is 16.7. The lowest BCUT2D eigenvalue weighted by atomic mass is 9.90. The molecule has 0 spiro atoms. The van der Waals surface area contributed by atoms with Gasteiger partial charge >= 0.3 is 5.97 Å². The second kappa shape index (κ2) is 6.79. The SMILES string of the molecule is Cc1ccc(C(=O)OCC2CCCCC2)cc1S(=O)(=O)Cl. The minimum atomic E-state index is -3.86. The van der Waals surface area contributed by atoms with Gasteiger partial charge in [0.05, 0.1) is 17.1 Å². The summed E-state index contributed by atoms with van der Waals surface area (Å²) in [5.74, 6) is -0.0773. The summed E-state index contributed by atoms with van der Waals surface area (Å²) in [7, 11) is 1.50. The first-order chi connectivity index (χ1) is 9.88. The molecule has 0 heterocycles. The van der Waals surface area contributed by atoms with Crippen molar-refractivity contribution in [2.75, 3.05) is 6.61 Å². The van der Waals surface area contributed by atoms with E-state index in [-0.39, 0.29) is 10.5 Å². The molecule has 0 aliphatic heterocycles. The molecule has 4 nitrogen and oxygen atoms in total. The fourth-order valence-electron chi connectivity index (χ4n) is 2.62. The van der Waals surface area contributed by atoms with Gasteiger partial charge in [-0.05, 0) is 43.4 Å². The van der Waals surface area contributed by atoms with Crippen LogP contribution in [-0.4, -0.2) is 21.0 Å². The largest absolute Gasteiger partial charge is 0.462 e. The molecule has 116 valence electrons. The summed E-state index contributed by atoms with van der Waals surface area (Å²) in [6.07, 6.45) is 5.78. The van der Waals surface area contributed by atoms with Crippen molar-refractivity contribution in [3.8, 4) is 0 Å².